The standard InChI is InChI=1S/C5H6F2N2/c1-3-8-2-4(9-3)5(6)7/h2,5H,1H3,(H,8,9). The lowest BCUT2D eigenvalue weighted by Crippen LogP contribution is -1.81. The van der Waals surface area contributed by atoms with E-state index < -0.39 is 6.43 Å². The Balaban J connectivity index is 2.85. The molecule has 0 unspecified atom stereocenters. The molecule has 0 aliphatic heterocycles. The maximum Gasteiger partial charge on any atom is 0.281 e. The molecule has 1 heterocycles. The van der Waals surface area contributed by atoms with Crippen LogP contribution in [-0.2, 0) is 0 Å². The molecule has 1 aromatic heterocycles. The first-order valence-corrected chi connectivity index (χ1v) is 2.50. The Morgan fingerprint density at radius 2 is 2.33 bits per heavy atom. The van der Waals surface area contributed by atoms with Gasteiger partial charge in [0.25, 0.3) is 6.43 Å². The van der Waals surface area contributed by atoms with Gasteiger partial charge in [-0.15, -0.1) is 0 Å². The van der Waals surface area contributed by atoms with Gasteiger partial charge in [0.15, 0.2) is 0 Å². The predicted octanol–water partition coefficient (Wildman–Crippen LogP) is 1.66. The van der Waals surface area contributed by atoms with E-state index in [2.05, 4.69) is 9.97 Å². The van der Waals surface area contributed by atoms with Gasteiger partial charge in [0.2, 0.25) is 0 Å². The Labute approximate surface area is 50.9 Å². The number of halogens is 2. The summed E-state index contributed by atoms with van der Waals surface area (Å²) in [4.78, 5) is 6.06. The molecule has 0 saturated carbocycles. The summed E-state index contributed by atoms with van der Waals surface area (Å²) in [6.45, 7) is 1.63. The van der Waals surface area contributed by atoms with Crippen LogP contribution in [0.3, 0.4) is 0 Å². The minimum Gasteiger partial charge on any atom is -0.348 e. The molecule has 0 amide bonds. The number of imidazole rings is 1. The highest BCUT2D eigenvalue weighted by molar-refractivity contribution is 5.00. The fourth-order valence-corrected chi connectivity index (χ4v) is 0.548. The first kappa shape index (κ1) is 6.19. The number of hydrogen-bond donors (Lipinski definition) is 1. The van der Waals surface area contributed by atoms with Crippen molar-refractivity contribution in [2.45, 2.75) is 13.3 Å². The Morgan fingerprint density at radius 1 is 1.67 bits per heavy atom. The number of alkyl halides is 2. The summed E-state index contributed by atoms with van der Waals surface area (Å²) in [5.74, 6) is 0.519. The van der Waals surface area contributed by atoms with Gasteiger partial charge in [0.05, 0.1) is 0 Å². The summed E-state index contributed by atoms with van der Waals surface area (Å²) < 4.78 is 23.4. The van der Waals surface area contributed by atoms with E-state index in [0.29, 0.717) is 5.82 Å². The van der Waals surface area contributed by atoms with Crippen LogP contribution in [0.15, 0.2) is 6.20 Å². The second-order valence-corrected chi connectivity index (χ2v) is 1.71. The Hall–Kier alpha value is -0.930. The summed E-state index contributed by atoms with van der Waals surface area (Å²) in [6, 6.07) is 0. The number of aryl methyl sites for hydroxylation is 1. The maximum absolute atomic E-state index is 11.7. The molecule has 0 aromatic carbocycles. The second kappa shape index (κ2) is 2.13. The Kier molecular flexibility index (Phi) is 1.46. The average molecular weight is 132 g/mol. The zero-order valence-corrected chi connectivity index (χ0v) is 4.86. The molecule has 0 bridgehead atoms. The summed E-state index contributed by atoms with van der Waals surface area (Å²) in [5.41, 5.74) is -0.187. The SMILES string of the molecule is Cc1nc(C(F)F)c[nH]1. The number of rotatable bonds is 1. The second-order valence-electron chi connectivity index (χ2n) is 1.71. The van der Waals surface area contributed by atoms with Crippen molar-refractivity contribution >= 4 is 0 Å². The van der Waals surface area contributed by atoms with Gasteiger partial charge >= 0.3 is 0 Å². The largest absolute Gasteiger partial charge is 0.348 e. The van der Waals surface area contributed by atoms with Gasteiger partial charge < -0.3 is 4.98 Å². The van der Waals surface area contributed by atoms with E-state index in [1.807, 2.05) is 0 Å². The molecule has 1 rings (SSSR count). The summed E-state index contributed by atoms with van der Waals surface area (Å²) in [6.07, 6.45) is -1.25. The van der Waals surface area contributed by atoms with Crippen molar-refractivity contribution in [3.63, 3.8) is 0 Å². The quantitative estimate of drug-likeness (QED) is 0.618. The van der Waals surface area contributed by atoms with Crippen molar-refractivity contribution in [2.75, 3.05) is 0 Å². The third-order valence-corrected chi connectivity index (χ3v) is 0.949. The normalized spacial score (nSPS) is 10.7. The molecule has 1 aromatic rings. The van der Waals surface area contributed by atoms with E-state index >= 15 is 0 Å². The number of nitrogens with zero attached hydrogens (tertiary/aromatic N) is 1. The molecule has 0 aliphatic carbocycles. The van der Waals surface area contributed by atoms with E-state index in [9.17, 15) is 8.78 Å². The molecule has 4 heteroatoms. The highest BCUT2D eigenvalue weighted by atomic mass is 19.3. The van der Waals surface area contributed by atoms with Crippen LogP contribution in [-0.4, -0.2) is 9.97 Å². The van der Waals surface area contributed by atoms with Crippen molar-refractivity contribution in [3.05, 3.63) is 17.7 Å². The number of H-pyrrole nitrogens is 1. The van der Waals surface area contributed by atoms with Crippen LogP contribution in [0.25, 0.3) is 0 Å². The van der Waals surface area contributed by atoms with Gasteiger partial charge in [-0.2, -0.15) is 0 Å². The molecule has 50 valence electrons. The third-order valence-electron chi connectivity index (χ3n) is 0.949. The molecule has 0 aliphatic rings. The molecule has 0 radical (unpaired) electrons. The van der Waals surface area contributed by atoms with Crippen molar-refractivity contribution in [1.29, 1.82) is 0 Å². The van der Waals surface area contributed by atoms with E-state index in [1.165, 1.54) is 6.20 Å². The molecular formula is C5H6F2N2. The average Bonchev–Trinajstić information content (AvgIpc) is 2.14. The third kappa shape index (κ3) is 1.25. The molecule has 0 fully saturated rings. The lowest BCUT2D eigenvalue weighted by Gasteiger charge is -1.86. The van der Waals surface area contributed by atoms with Crippen LogP contribution in [0.4, 0.5) is 8.78 Å². The molecular weight excluding hydrogens is 126 g/mol. The molecule has 9 heavy (non-hydrogen) atoms. The summed E-state index contributed by atoms with van der Waals surface area (Å²) >= 11 is 0. The van der Waals surface area contributed by atoms with Gasteiger partial charge in [-0.05, 0) is 6.92 Å². The molecule has 2 nitrogen and oxygen atoms in total. The van der Waals surface area contributed by atoms with E-state index in [0.717, 1.165) is 0 Å². The number of nitrogens with one attached hydrogen (secondary N) is 1. The summed E-state index contributed by atoms with van der Waals surface area (Å²) in [5, 5.41) is 0. The van der Waals surface area contributed by atoms with Crippen molar-refractivity contribution in [3.8, 4) is 0 Å². The minimum atomic E-state index is -2.46. The maximum atomic E-state index is 11.7. The fourth-order valence-electron chi connectivity index (χ4n) is 0.548. The fraction of sp³-hybridized carbons (Fsp3) is 0.400. The molecule has 0 spiro atoms. The lowest BCUT2D eigenvalue weighted by atomic mass is 10.5. The number of aromatic nitrogens is 2. The topological polar surface area (TPSA) is 28.7 Å². The van der Waals surface area contributed by atoms with Crippen LogP contribution >= 0.6 is 0 Å². The van der Waals surface area contributed by atoms with Gasteiger partial charge in [-0.25, -0.2) is 13.8 Å². The summed E-state index contributed by atoms with van der Waals surface area (Å²) in [7, 11) is 0. The van der Waals surface area contributed by atoms with Gasteiger partial charge in [0.1, 0.15) is 11.5 Å². The van der Waals surface area contributed by atoms with Gasteiger partial charge in [0, 0.05) is 6.20 Å². The van der Waals surface area contributed by atoms with Crippen molar-refractivity contribution in [1.82, 2.24) is 9.97 Å². The van der Waals surface area contributed by atoms with Crippen molar-refractivity contribution < 1.29 is 8.78 Å². The van der Waals surface area contributed by atoms with Gasteiger partial charge in [-0.3, -0.25) is 0 Å². The van der Waals surface area contributed by atoms with E-state index in [1.54, 1.807) is 6.92 Å². The highest BCUT2D eigenvalue weighted by Gasteiger charge is 2.08. The molecule has 0 saturated heterocycles. The lowest BCUT2D eigenvalue weighted by molar-refractivity contribution is 0.146. The van der Waals surface area contributed by atoms with E-state index in [4.69, 9.17) is 0 Å². The van der Waals surface area contributed by atoms with Gasteiger partial charge in [-0.1, -0.05) is 0 Å². The number of aromatic amines is 1. The zero-order valence-electron chi connectivity index (χ0n) is 4.86. The highest BCUT2D eigenvalue weighted by Crippen LogP contribution is 2.14. The zero-order chi connectivity index (χ0) is 6.85. The van der Waals surface area contributed by atoms with Crippen molar-refractivity contribution in [2.24, 2.45) is 0 Å². The van der Waals surface area contributed by atoms with E-state index in [-0.39, 0.29) is 5.69 Å². The Bertz CT molecular complexity index is 195. The molecule has 0 atom stereocenters. The smallest absolute Gasteiger partial charge is 0.281 e. The first-order valence-electron chi connectivity index (χ1n) is 2.50. The Morgan fingerprint density at radius 3 is 2.56 bits per heavy atom. The van der Waals surface area contributed by atoms with Crippen LogP contribution in [0.2, 0.25) is 0 Å². The van der Waals surface area contributed by atoms with Crippen LogP contribution in [0.5, 0.6) is 0 Å². The number of hydrogen-bond acceptors (Lipinski definition) is 1. The first-order chi connectivity index (χ1) is 4.20. The minimum absolute atomic E-state index is 0.187. The van der Waals surface area contributed by atoms with Crippen LogP contribution < -0.4 is 0 Å². The van der Waals surface area contributed by atoms with Crippen LogP contribution in [0, 0.1) is 6.92 Å². The van der Waals surface area contributed by atoms with Crippen LogP contribution in [0.1, 0.15) is 17.9 Å². The monoisotopic (exact) mass is 132 g/mol. The molecule has 1 N–H and O–H groups in total. The predicted molar refractivity (Wildman–Crippen MR) is 28.3 cm³/mol.